The van der Waals surface area contributed by atoms with Crippen molar-refractivity contribution >= 4 is 26.8 Å². The Morgan fingerprint density at radius 1 is 1.26 bits per heavy atom. The van der Waals surface area contributed by atoms with Gasteiger partial charge in [0, 0.05) is 37.1 Å². The summed E-state index contributed by atoms with van der Waals surface area (Å²) in [5, 5.41) is 14.5. The number of para-hydroxylation sites is 1. The van der Waals surface area contributed by atoms with Crippen molar-refractivity contribution in [3.63, 3.8) is 0 Å². The first-order chi connectivity index (χ1) is 14.7. The van der Waals surface area contributed by atoms with E-state index in [0.29, 0.717) is 48.6 Å². The number of aromatic nitrogens is 1. The molecule has 31 heavy (non-hydrogen) atoms. The van der Waals surface area contributed by atoms with Crippen molar-refractivity contribution in [2.45, 2.75) is 40.2 Å². The fourth-order valence-electron chi connectivity index (χ4n) is 4.09. The fourth-order valence-corrected chi connectivity index (χ4v) is 5.39. The Balaban J connectivity index is 1.87. The summed E-state index contributed by atoms with van der Waals surface area (Å²) in [5.74, 6) is 0.0260. The Morgan fingerprint density at radius 2 is 2.00 bits per heavy atom. The van der Waals surface area contributed by atoms with E-state index < -0.39 is 15.6 Å². The Hall–Kier alpha value is -2.65. The third-order valence-corrected chi connectivity index (χ3v) is 7.36. The first-order valence-corrected chi connectivity index (χ1v) is 12.1. The molecule has 2 N–H and O–H groups in total. The lowest BCUT2D eigenvalue weighted by atomic mass is 10.1. The number of aromatic hydroxyl groups is 1. The van der Waals surface area contributed by atoms with Crippen LogP contribution >= 0.6 is 0 Å². The number of pyridine rings is 1. The number of sulfonamides is 1. The number of hydrogen-bond acceptors (Lipinski definition) is 6. The second kappa shape index (κ2) is 8.12. The molecule has 0 unspecified atom stereocenters. The molecule has 4 rings (SSSR count). The molecule has 0 saturated carbocycles. The maximum atomic E-state index is 13.4. The number of amidine groups is 1. The van der Waals surface area contributed by atoms with Crippen LogP contribution in [0.4, 0.5) is 0 Å². The van der Waals surface area contributed by atoms with Gasteiger partial charge in [-0.3, -0.25) is 9.69 Å². The molecular formula is C22H28N4O4S. The van der Waals surface area contributed by atoms with Crippen LogP contribution in [0.1, 0.15) is 39.2 Å². The van der Waals surface area contributed by atoms with E-state index >= 15 is 0 Å². The minimum Gasteiger partial charge on any atom is -0.506 e. The molecule has 0 amide bonds. The van der Waals surface area contributed by atoms with Crippen LogP contribution in [0.3, 0.4) is 0 Å². The number of nitrogens with one attached hydrogen (secondary N) is 1. The lowest BCUT2D eigenvalue weighted by Crippen LogP contribution is -2.43. The second-order valence-corrected chi connectivity index (χ2v) is 10.1. The first kappa shape index (κ1) is 21.6. The number of aryl methyl sites for hydroxylation is 1. The SMILES string of the molecule is CCN1CCC2=C(C1)S(=O)(=O)N=C(c1c(O)c3ccccc3n(CCC(C)C)c1=O)N2. The molecule has 8 nitrogen and oxygen atoms in total. The van der Waals surface area contributed by atoms with Crippen molar-refractivity contribution in [2.75, 3.05) is 19.6 Å². The molecule has 2 aliphatic rings. The number of rotatable bonds is 5. The van der Waals surface area contributed by atoms with Gasteiger partial charge in [0.15, 0.2) is 5.84 Å². The largest absolute Gasteiger partial charge is 0.506 e. The van der Waals surface area contributed by atoms with E-state index in [4.69, 9.17) is 0 Å². The van der Waals surface area contributed by atoms with Gasteiger partial charge in [0.25, 0.3) is 15.6 Å². The highest BCUT2D eigenvalue weighted by molar-refractivity contribution is 7.94. The molecule has 0 saturated heterocycles. The van der Waals surface area contributed by atoms with Gasteiger partial charge in [0.2, 0.25) is 0 Å². The molecule has 2 aliphatic heterocycles. The van der Waals surface area contributed by atoms with Gasteiger partial charge >= 0.3 is 0 Å². The smallest absolute Gasteiger partial charge is 0.283 e. The predicted octanol–water partition coefficient (Wildman–Crippen LogP) is 2.37. The first-order valence-electron chi connectivity index (χ1n) is 10.6. The average molecular weight is 445 g/mol. The molecule has 2 aromatic rings. The molecule has 0 radical (unpaired) electrons. The minimum absolute atomic E-state index is 0.101. The molecule has 0 aliphatic carbocycles. The third kappa shape index (κ3) is 3.87. The second-order valence-electron chi connectivity index (χ2n) is 8.44. The van der Waals surface area contributed by atoms with Gasteiger partial charge in [-0.05, 0) is 31.0 Å². The third-order valence-electron chi connectivity index (χ3n) is 5.93. The van der Waals surface area contributed by atoms with E-state index in [-0.39, 0.29) is 22.1 Å². The van der Waals surface area contributed by atoms with Crippen molar-refractivity contribution < 1.29 is 13.5 Å². The summed E-state index contributed by atoms with van der Waals surface area (Å²) >= 11 is 0. The van der Waals surface area contributed by atoms with Gasteiger partial charge in [-0.25, -0.2) is 0 Å². The molecule has 0 fully saturated rings. The minimum atomic E-state index is -3.95. The van der Waals surface area contributed by atoms with Gasteiger partial charge in [0.1, 0.15) is 16.2 Å². The van der Waals surface area contributed by atoms with Crippen LogP contribution in [0.5, 0.6) is 5.75 Å². The molecule has 0 atom stereocenters. The van der Waals surface area contributed by atoms with Gasteiger partial charge < -0.3 is 15.0 Å². The van der Waals surface area contributed by atoms with E-state index in [1.54, 1.807) is 22.8 Å². The molecule has 3 heterocycles. The van der Waals surface area contributed by atoms with Crippen molar-refractivity contribution in [2.24, 2.45) is 10.3 Å². The van der Waals surface area contributed by atoms with Gasteiger partial charge in [-0.1, -0.05) is 32.9 Å². The molecular weight excluding hydrogens is 416 g/mol. The van der Waals surface area contributed by atoms with Gasteiger partial charge in [0.05, 0.1) is 5.52 Å². The lowest BCUT2D eigenvalue weighted by molar-refractivity contribution is 0.303. The van der Waals surface area contributed by atoms with Crippen molar-refractivity contribution in [1.82, 2.24) is 14.8 Å². The van der Waals surface area contributed by atoms with Crippen LogP contribution in [0.25, 0.3) is 10.9 Å². The number of likely N-dealkylation sites (N-methyl/N-ethyl adjacent to an activating group) is 1. The van der Waals surface area contributed by atoms with Crippen LogP contribution in [0, 0.1) is 5.92 Å². The van der Waals surface area contributed by atoms with Gasteiger partial charge in [-0.15, -0.1) is 4.40 Å². The summed E-state index contributed by atoms with van der Waals surface area (Å²) in [7, 11) is -3.95. The fraction of sp³-hybridized carbons (Fsp3) is 0.455. The van der Waals surface area contributed by atoms with Crippen LogP contribution in [-0.2, 0) is 16.6 Å². The molecule has 9 heteroatoms. The highest BCUT2D eigenvalue weighted by atomic mass is 32.2. The summed E-state index contributed by atoms with van der Waals surface area (Å²) in [6.45, 7) is 8.34. The standard InChI is InChI=1S/C22H28N4O4S/c1-4-25-11-10-16-18(13-25)31(29,30)24-21(23-16)19-20(27)15-7-5-6-8-17(15)26(22(19)28)12-9-14(2)3/h5-8,14,27H,4,9-13H2,1-3H3,(H,23,24). The zero-order chi connectivity index (χ0) is 22.3. The van der Waals surface area contributed by atoms with Crippen LogP contribution in [-0.4, -0.2) is 48.5 Å². The van der Waals surface area contributed by atoms with E-state index in [9.17, 15) is 18.3 Å². The zero-order valence-electron chi connectivity index (χ0n) is 18.1. The average Bonchev–Trinajstić information content (AvgIpc) is 2.73. The Bertz CT molecular complexity index is 1260. The monoisotopic (exact) mass is 444 g/mol. The normalized spacial score (nSPS) is 18.8. The molecule has 1 aromatic carbocycles. The maximum Gasteiger partial charge on any atom is 0.283 e. The summed E-state index contributed by atoms with van der Waals surface area (Å²) in [6.07, 6.45) is 1.28. The Labute approximate surface area is 182 Å². The molecule has 1 aromatic heterocycles. The summed E-state index contributed by atoms with van der Waals surface area (Å²) in [6, 6.07) is 7.10. The maximum absolute atomic E-state index is 13.4. The highest BCUT2D eigenvalue weighted by Crippen LogP contribution is 2.31. The van der Waals surface area contributed by atoms with Gasteiger partial charge in [-0.2, -0.15) is 8.42 Å². The summed E-state index contributed by atoms with van der Waals surface area (Å²) < 4.78 is 31.4. The Morgan fingerprint density at radius 3 is 2.71 bits per heavy atom. The van der Waals surface area contributed by atoms with E-state index in [2.05, 4.69) is 23.6 Å². The Kier molecular flexibility index (Phi) is 5.65. The number of fused-ring (bicyclic) bond motifs is 1. The van der Waals surface area contributed by atoms with E-state index in [1.807, 2.05) is 17.9 Å². The molecule has 0 spiro atoms. The molecule has 0 bridgehead atoms. The van der Waals surface area contributed by atoms with E-state index in [1.165, 1.54) is 0 Å². The summed E-state index contributed by atoms with van der Waals surface area (Å²) in [4.78, 5) is 15.7. The summed E-state index contributed by atoms with van der Waals surface area (Å²) in [5.41, 5.74) is 0.615. The number of nitrogens with zero attached hydrogens (tertiary/aromatic N) is 3. The van der Waals surface area contributed by atoms with Crippen LogP contribution < -0.4 is 10.9 Å². The lowest BCUT2D eigenvalue weighted by Gasteiger charge is -2.31. The number of hydrogen-bond donors (Lipinski definition) is 2. The predicted molar refractivity (Wildman–Crippen MR) is 122 cm³/mol. The highest BCUT2D eigenvalue weighted by Gasteiger charge is 2.34. The quantitative estimate of drug-likeness (QED) is 0.734. The van der Waals surface area contributed by atoms with E-state index in [0.717, 1.165) is 13.0 Å². The van der Waals surface area contributed by atoms with Crippen LogP contribution in [0.15, 0.2) is 44.1 Å². The van der Waals surface area contributed by atoms with Crippen molar-refractivity contribution in [1.29, 1.82) is 0 Å². The molecule has 166 valence electrons. The topological polar surface area (TPSA) is 104 Å². The van der Waals surface area contributed by atoms with Crippen LogP contribution in [0.2, 0.25) is 0 Å². The van der Waals surface area contributed by atoms with Crippen molar-refractivity contribution in [3.05, 3.63) is 50.8 Å². The number of benzene rings is 1. The zero-order valence-corrected chi connectivity index (χ0v) is 18.9. The van der Waals surface area contributed by atoms with Crippen molar-refractivity contribution in [3.8, 4) is 5.75 Å².